The molecule has 0 saturated heterocycles. The molecule has 0 radical (unpaired) electrons. The van der Waals surface area contributed by atoms with Crippen molar-refractivity contribution in [2.24, 2.45) is 0 Å². The van der Waals surface area contributed by atoms with Crippen molar-refractivity contribution in [3.63, 3.8) is 0 Å². The lowest BCUT2D eigenvalue weighted by atomic mass is 9.95. The zero-order chi connectivity index (χ0) is 16.7. The summed E-state index contributed by atoms with van der Waals surface area (Å²) >= 11 is 0. The molecule has 3 nitrogen and oxygen atoms in total. The highest BCUT2D eigenvalue weighted by molar-refractivity contribution is 6.23. The van der Waals surface area contributed by atoms with E-state index in [1.54, 1.807) is 0 Å². The Morgan fingerprint density at radius 3 is 2.50 bits per heavy atom. The van der Waals surface area contributed by atoms with Crippen molar-refractivity contribution in [1.29, 1.82) is 0 Å². The maximum Gasteiger partial charge on any atom is 0.342 e. The summed E-state index contributed by atoms with van der Waals surface area (Å²) in [5, 5.41) is 0. The molecule has 7 heteroatoms. The fourth-order valence-electron chi connectivity index (χ4n) is 2.41. The maximum absolute atomic E-state index is 14.3. The molecule has 22 heavy (non-hydrogen) atoms. The lowest BCUT2D eigenvalue weighted by Crippen LogP contribution is -2.25. The van der Waals surface area contributed by atoms with Gasteiger partial charge in [-0.3, -0.25) is 4.79 Å². The fraction of sp³-hybridized carbons (Fsp3) is 0.333. The van der Waals surface area contributed by atoms with E-state index >= 15 is 0 Å². The largest absolute Gasteiger partial charge is 0.465 e. The Balaban J connectivity index is 2.84. The van der Waals surface area contributed by atoms with Crippen LogP contribution in [0.5, 0.6) is 0 Å². The van der Waals surface area contributed by atoms with Crippen molar-refractivity contribution < 1.29 is 31.9 Å². The second-order valence-corrected chi connectivity index (χ2v) is 4.74. The van der Waals surface area contributed by atoms with Crippen molar-refractivity contribution in [3.05, 3.63) is 40.7 Å². The molecule has 0 aromatic heterocycles. The van der Waals surface area contributed by atoms with Gasteiger partial charge in [0, 0.05) is 17.6 Å². The minimum Gasteiger partial charge on any atom is -0.465 e. The molecule has 0 fully saturated rings. The number of Topliss-reactive ketones (excluding diaryl/α,β-unsaturated/α-hetero) is 1. The average molecular weight is 316 g/mol. The second kappa shape index (κ2) is 5.55. The van der Waals surface area contributed by atoms with Crippen LogP contribution in [0.2, 0.25) is 0 Å². The van der Waals surface area contributed by atoms with Crippen LogP contribution in [-0.4, -0.2) is 24.8 Å². The fourth-order valence-corrected chi connectivity index (χ4v) is 2.41. The highest BCUT2D eigenvalue weighted by Gasteiger charge is 2.55. The number of carbonyl (C=O) groups excluding carboxylic acids is 2. The summed E-state index contributed by atoms with van der Waals surface area (Å²) in [4.78, 5) is 23.6. The van der Waals surface area contributed by atoms with E-state index in [2.05, 4.69) is 4.74 Å². The first-order valence-electron chi connectivity index (χ1n) is 6.43. The van der Waals surface area contributed by atoms with Crippen LogP contribution in [0, 0.1) is 5.82 Å². The molecule has 1 aromatic rings. The number of carbonyl (C=O) groups is 2. The molecular weight excluding hydrogens is 304 g/mol. The van der Waals surface area contributed by atoms with Gasteiger partial charge < -0.3 is 4.74 Å². The molecule has 1 aliphatic carbocycles. The Morgan fingerprint density at radius 1 is 1.32 bits per heavy atom. The third kappa shape index (κ3) is 2.30. The minimum atomic E-state index is -4.12. The first-order chi connectivity index (χ1) is 10.3. The van der Waals surface area contributed by atoms with Crippen LogP contribution in [0.3, 0.4) is 0 Å². The number of esters is 1. The summed E-state index contributed by atoms with van der Waals surface area (Å²) < 4.78 is 60.1. The van der Waals surface area contributed by atoms with Crippen LogP contribution in [0.4, 0.5) is 17.6 Å². The predicted molar refractivity (Wildman–Crippen MR) is 69.4 cm³/mol. The Morgan fingerprint density at radius 2 is 1.95 bits per heavy atom. The second-order valence-electron chi connectivity index (χ2n) is 4.74. The van der Waals surface area contributed by atoms with E-state index in [0.29, 0.717) is 6.07 Å². The van der Waals surface area contributed by atoms with Gasteiger partial charge in [-0.1, -0.05) is 13.0 Å². The molecule has 1 atom stereocenters. The Bertz CT molecular complexity index is 661. The van der Waals surface area contributed by atoms with Gasteiger partial charge in [-0.25, -0.2) is 13.6 Å². The number of allylic oxidation sites excluding steroid dienone is 1. The van der Waals surface area contributed by atoms with Gasteiger partial charge in [0.1, 0.15) is 11.4 Å². The third-order valence-electron chi connectivity index (χ3n) is 3.45. The standard InChI is InChI=1S/C15H12F4O3/c1-3-10(20)11(14(21)22-2)12-8-5-4-7(16)6-9(8)13(17)15(12,18)19/h4-6,13H,3H2,1-2H3/b12-11+. The highest BCUT2D eigenvalue weighted by Crippen LogP contribution is 2.54. The minimum absolute atomic E-state index is 0.239. The molecule has 118 valence electrons. The number of ketones is 1. The molecule has 0 amide bonds. The number of hydrogen-bond donors (Lipinski definition) is 0. The molecule has 1 unspecified atom stereocenters. The summed E-state index contributed by atoms with van der Waals surface area (Å²) in [6.45, 7) is 1.37. The summed E-state index contributed by atoms with van der Waals surface area (Å²) in [6, 6.07) is 2.42. The van der Waals surface area contributed by atoms with Gasteiger partial charge in [-0.05, 0) is 17.7 Å². The van der Waals surface area contributed by atoms with Crippen LogP contribution >= 0.6 is 0 Å². The summed E-state index contributed by atoms with van der Waals surface area (Å²) in [6.07, 6.45) is -3.07. The van der Waals surface area contributed by atoms with Crippen molar-refractivity contribution in [2.75, 3.05) is 7.11 Å². The molecule has 0 spiro atoms. The summed E-state index contributed by atoms with van der Waals surface area (Å²) in [5.41, 5.74) is -2.90. The van der Waals surface area contributed by atoms with Gasteiger partial charge in [-0.15, -0.1) is 0 Å². The molecule has 0 aliphatic heterocycles. The molecule has 2 rings (SSSR count). The van der Waals surface area contributed by atoms with E-state index in [1.165, 1.54) is 6.92 Å². The molecule has 1 aliphatic rings. The van der Waals surface area contributed by atoms with Gasteiger partial charge >= 0.3 is 11.9 Å². The zero-order valence-corrected chi connectivity index (χ0v) is 11.8. The van der Waals surface area contributed by atoms with E-state index in [1.807, 2.05) is 0 Å². The zero-order valence-electron chi connectivity index (χ0n) is 11.8. The average Bonchev–Trinajstić information content (AvgIpc) is 2.68. The van der Waals surface area contributed by atoms with E-state index in [0.717, 1.165) is 19.2 Å². The lowest BCUT2D eigenvalue weighted by molar-refractivity contribution is -0.138. The quantitative estimate of drug-likeness (QED) is 0.282. The van der Waals surface area contributed by atoms with Crippen molar-refractivity contribution >= 4 is 17.3 Å². The van der Waals surface area contributed by atoms with Gasteiger partial charge in [0.2, 0.25) is 0 Å². The van der Waals surface area contributed by atoms with E-state index < -0.39 is 46.4 Å². The van der Waals surface area contributed by atoms with E-state index in [-0.39, 0.29) is 12.0 Å². The van der Waals surface area contributed by atoms with Crippen LogP contribution in [0.1, 0.15) is 30.6 Å². The topological polar surface area (TPSA) is 43.4 Å². The third-order valence-corrected chi connectivity index (χ3v) is 3.45. The van der Waals surface area contributed by atoms with Gasteiger partial charge in [0.15, 0.2) is 12.0 Å². The van der Waals surface area contributed by atoms with Crippen LogP contribution < -0.4 is 0 Å². The Labute approximate surface area is 123 Å². The predicted octanol–water partition coefficient (Wildman–Crippen LogP) is 3.39. The van der Waals surface area contributed by atoms with E-state index in [4.69, 9.17) is 0 Å². The maximum atomic E-state index is 14.3. The van der Waals surface area contributed by atoms with Gasteiger partial charge in [-0.2, -0.15) is 8.78 Å². The molecular formula is C15H12F4O3. The number of ether oxygens (including phenoxy) is 1. The lowest BCUT2D eigenvalue weighted by Gasteiger charge is -2.17. The number of methoxy groups -OCH3 is 1. The SMILES string of the molecule is CCC(=O)/C(C(=O)OC)=C1/c2ccc(F)cc2C(F)C1(F)F. The molecule has 0 saturated carbocycles. The van der Waals surface area contributed by atoms with Crippen LogP contribution in [0.25, 0.3) is 5.57 Å². The first kappa shape index (κ1) is 16.2. The number of benzene rings is 1. The number of fused-ring (bicyclic) bond motifs is 1. The molecule has 1 aromatic carbocycles. The van der Waals surface area contributed by atoms with Crippen molar-refractivity contribution in [3.8, 4) is 0 Å². The van der Waals surface area contributed by atoms with E-state index in [9.17, 15) is 27.2 Å². The van der Waals surface area contributed by atoms with Crippen LogP contribution in [-0.2, 0) is 14.3 Å². The smallest absolute Gasteiger partial charge is 0.342 e. The van der Waals surface area contributed by atoms with Crippen LogP contribution in [0.15, 0.2) is 23.8 Å². The number of rotatable bonds is 3. The van der Waals surface area contributed by atoms with Gasteiger partial charge in [0.25, 0.3) is 0 Å². The summed E-state index contributed by atoms with van der Waals surface area (Å²) in [7, 11) is 0.928. The molecule has 0 N–H and O–H groups in total. The van der Waals surface area contributed by atoms with Crippen molar-refractivity contribution in [2.45, 2.75) is 25.4 Å². The first-order valence-corrected chi connectivity index (χ1v) is 6.43. The normalized spacial score (nSPS) is 21.3. The number of alkyl halides is 3. The molecule has 0 heterocycles. The Kier molecular flexibility index (Phi) is 4.08. The number of halogens is 4. The highest BCUT2D eigenvalue weighted by atomic mass is 19.3. The molecule has 0 bridgehead atoms. The monoisotopic (exact) mass is 316 g/mol. The Hall–Kier alpha value is -2.18. The van der Waals surface area contributed by atoms with Gasteiger partial charge in [0.05, 0.1) is 7.11 Å². The summed E-state index contributed by atoms with van der Waals surface area (Å²) in [5.74, 6) is -7.18. The number of hydrogen-bond acceptors (Lipinski definition) is 3. The van der Waals surface area contributed by atoms with Crippen molar-refractivity contribution in [1.82, 2.24) is 0 Å².